The minimum absolute atomic E-state index is 0.123. The molecule has 2 aliphatic rings. The molecule has 2 aliphatic heterocycles. The predicted molar refractivity (Wildman–Crippen MR) is 63.0 cm³/mol. The molecule has 1 aromatic carbocycles. The topological polar surface area (TPSA) is 47.6 Å². The van der Waals surface area contributed by atoms with E-state index in [-0.39, 0.29) is 5.78 Å². The third kappa shape index (κ3) is 1.73. The van der Waals surface area contributed by atoms with Crippen LogP contribution in [0.5, 0.6) is 0 Å². The molecule has 17 heavy (non-hydrogen) atoms. The SMILES string of the molecule is O=C1c2ccc(Cl)cc2NOC12CCCCO2. The Hall–Kier alpha value is -1.10. The zero-order valence-electron chi connectivity index (χ0n) is 9.16. The molecule has 1 N–H and O–H groups in total. The van der Waals surface area contributed by atoms with Gasteiger partial charge in [0, 0.05) is 17.0 Å². The number of benzene rings is 1. The third-order valence-electron chi connectivity index (χ3n) is 3.13. The molecule has 4 nitrogen and oxygen atoms in total. The van der Waals surface area contributed by atoms with Gasteiger partial charge in [0.05, 0.1) is 12.3 Å². The van der Waals surface area contributed by atoms with Gasteiger partial charge in [-0.25, -0.2) is 4.84 Å². The normalized spacial score (nSPS) is 27.7. The van der Waals surface area contributed by atoms with Crippen LogP contribution in [0, 0.1) is 0 Å². The van der Waals surface area contributed by atoms with E-state index in [2.05, 4.69) is 5.48 Å². The Bertz CT molecular complexity index is 469. The van der Waals surface area contributed by atoms with Gasteiger partial charge in [-0.1, -0.05) is 11.6 Å². The second-order valence-corrected chi connectivity index (χ2v) is 4.72. The van der Waals surface area contributed by atoms with Crippen LogP contribution < -0.4 is 5.48 Å². The summed E-state index contributed by atoms with van der Waals surface area (Å²) in [6.07, 6.45) is 2.48. The number of rotatable bonds is 0. The third-order valence-corrected chi connectivity index (χ3v) is 3.37. The molecule has 1 aromatic rings. The van der Waals surface area contributed by atoms with Gasteiger partial charge in [-0.05, 0) is 31.0 Å². The first-order valence-corrected chi connectivity index (χ1v) is 6.01. The zero-order valence-corrected chi connectivity index (χ0v) is 9.92. The molecule has 2 heterocycles. The number of hydrogen-bond donors (Lipinski definition) is 1. The van der Waals surface area contributed by atoms with Crippen molar-refractivity contribution in [1.29, 1.82) is 0 Å². The lowest BCUT2D eigenvalue weighted by atomic mass is 9.94. The van der Waals surface area contributed by atoms with E-state index in [0.29, 0.717) is 29.3 Å². The van der Waals surface area contributed by atoms with Gasteiger partial charge >= 0.3 is 0 Å². The standard InChI is InChI=1S/C12H12ClNO3/c13-8-3-4-9-10(7-8)14-17-12(11(9)15)5-1-2-6-16-12/h3-4,7,14H,1-2,5-6H2. The number of Topliss-reactive ketones (excluding diaryl/α,β-unsaturated/α-hetero) is 1. The fourth-order valence-electron chi connectivity index (χ4n) is 2.22. The number of hydrogen-bond acceptors (Lipinski definition) is 4. The van der Waals surface area contributed by atoms with Gasteiger partial charge in [0.25, 0.3) is 5.79 Å². The summed E-state index contributed by atoms with van der Waals surface area (Å²) in [6, 6.07) is 5.07. The largest absolute Gasteiger partial charge is 0.342 e. The lowest BCUT2D eigenvalue weighted by Gasteiger charge is -2.38. The van der Waals surface area contributed by atoms with E-state index in [0.717, 1.165) is 12.8 Å². The van der Waals surface area contributed by atoms with Crippen molar-refractivity contribution < 1.29 is 14.4 Å². The summed E-state index contributed by atoms with van der Waals surface area (Å²) in [5, 5.41) is 0.563. The molecule has 0 bridgehead atoms. The minimum Gasteiger partial charge on any atom is -0.342 e. The highest BCUT2D eigenvalue weighted by molar-refractivity contribution is 6.31. The number of ketones is 1. The fourth-order valence-corrected chi connectivity index (χ4v) is 2.39. The second-order valence-electron chi connectivity index (χ2n) is 4.28. The highest BCUT2D eigenvalue weighted by Gasteiger charge is 2.47. The van der Waals surface area contributed by atoms with Gasteiger partial charge < -0.3 is 4.74 Å². The van der Waals surface area contributed by atoms with Crippen molar-refractivity contribution in [3.63, 3.8) is 0 Å². The van der Waals surface area contributed by atoms with Gasteiger partial charge in [-0.15, -0.1) is 0 Å². The monoisotopic (exact) mass is 253 g/mol. The number of nitrogens with one attached hydrogen (secondary N) is 1. The number of fused-ring (bicyclic) bond motifs is 1. The average molecular weight is 254 g/mol. The minimum atomic E-state index is -1.14. The molecule has 90 valence electrons. The van der Waals surface area contributed by atoms with E-state index in [4.69, 9.17) is 21.2 Å². The highest BCUT2D eigenvalue weighted by atomic mass is 35.5. The van der Waals surface area contributed by atoms with Gasteiger partial charge in [0.15, 0.2) is 0 Å². The maximum Gasteiger partial charge on any atom is 0.257 e. The first-order valence-electron chi connectivity index (χ1n) is 5.64. The molecule has 3 rings (SSSR count). The summed E-state index contributed by atoms with van der Waals surface area (Å²) >= 11 is 5.86. The van der Waals surface area contributed by atoms with Crippen LogP contribution in [-0.2, 0) is 9.57 Å². The maximum atomic E-state index is 12.4. The molecule has 1 spiro atoms. The van der Waals surface area contributed by atoms with E-state index >= 15 is 0 Å². The molecule has 5 heteroatoms. The molecule has 1 unspecified atom stereocenters. The highest BCUT2D eigenvalue weighted by Crippen LogP contribution is 2.37. The second kappa shape index (κ2) is 3.98. The summed E-state index contributed by atoms with van der Waals surface area (Å²) in [4.78, 5) is 17.8. The van der Waals surface area contributed by atoms with Crippen LogP contribution in [0.25, 0.3) is 0 Å². The number of anilines is 1. The molecule has 1 fully saturated rings. The van der Waals surface area contributed by atoms with E-state index in [1.165, 1.54) is 0 Å². The number of ether oxygens (including phenoxy) is 1. The van der Waals surface area contributed by atoms with Crippen molar-refractivity contribution in [2.45, 2.75) is 25.0 Å². The summed E-state index contributed by atoms with van der Waals surface area (Å²) in [7, 11) is 0. The zero-order chi connectivity index (χ0) is 11.9. The van der Waals surface area contributed by atoms with Crippen molar-refractivity contribution in [1.82, 2.24) is 0 Å². The van der Waals surface area contributed by atoms with Gasteiger partial charge in [0.1, 0.15) is 0 Å². The van der Waals surface area contributed by atoms with E-state index < -0.39 is 5.79 Å². The summed E-state index contributed by atoms with van der Waals surface area (Å²) in [5.74, 6) is -1.26. The average Bonchev–Trinajstić information content (AvgIpc) is 2.36. The van der Waals surface area contributed by atoms with Crippen LogP contribution in [0.15, 0.2) is 18.2 Å². The first kappa shape index (κ1) is 11.0. The van der Waals surface area contributed by atoms with Crippen molar-refractivity contribution >= 4 is 23.1 Å². The van der Waals surface area contributed by atoms with Crippen LogP contribution in [0.1, 0.15) is 29.6 Å². The predicted octanol–water partition coefficient (Wildman–Crippen LogP) is 2.78. The summed E-state index contributed by atoms with van der Waals surface area (Å²) in [5.41, 5.74) is 3.94. The smallest absolute Gasteiger partial charge is 0.257 e. The van der Waals surface area contributed by atoms with Gasteiger partial charge in [-0.2, -0.15) is 0 Å². The molecule has 0 radical (unpaired) electrons. The lowest BCUT2D eigenvalue weighted by molar-refractivity contribution is -0.208. The Morgan fingerprint density at radius 3 is 3.00 bits per heavy atom. The maximum absolute atomic E-state index is 12.4. The van der Waals surface area contributed by atoms with Crippen LogP contribution in [-0.4, -0.2) is 18.2 Å². The van der Waals surface area contributed by atoms with Crippen molar-refractivity contribution in [3.8, 4) is 0 Å². The molecule has 1 atom stereocenters. The van der Waals surface area contributed by atoms with Crippen LogP contribution in [0.2, 0.25) is 5.02 Å². The van der Waals surface area contributed by atoms with Crippen molar-refractivity contribution in [3.05, 3.63) is 28.8 Å². The lowest BCUT2D eigenvalue weighted by Crippen LogP contribution is -2.50. The quantitative estimate of drug-likeness (QED) is 0.772. The molecular weight excluding hydrogens is 242 g/mol. The van der Waals surface area contributed by atoms with Crippen molar-refractivity contribution in [2.24, 2.45) is 0 Å². The molecule has 0 saturated carbocycles. The Balaban J connectivity index is 2.00. The molecule has 1 saturated heterocycles. The number of carbonyl (C=O) groups excluding carboxylic acids is 1. The summed E-state index contributed by atoms with van der Waals surface area (Å²) < 4.78 is 5.54. The number of halogens is 1. The van der Waals surface area contributed by atoms with E-state index in [1.54, 1.807) is 18.2 Å². The first-order chi connectivity index (χ1) is 8.21. The van der Waals surface area contributed by atoms with Crippen LogP contribution in [0.4, 0.5) is 5.69 Å². The van der Waals surface area contributed by atoms with E-state index in [1.807, 2.05) is 0 Å². The Labute approximate surface area is 104 Å². The fraction of sp³-hybridized carbons (Fsp3) is 0.417. The molecule has 0 aromatic heterocycles. The molecule has 0 amide bonds. The molecule has 0 aliphatic carbocycles. The Morgan fingerprint density at radius 2 is 2.24 bits per heavy atom. The van der Waals surface area contributed by atoms with Gasteiger partial charge in [-0.3, -0.25) is 10.3 Å². The van der Waals surface area contributed by atoms with Crippen LogP contribution in [0.3, 0.4) is 0 Å². The van der Waals surface area contributed by atoms with Crippen LogP contribution >= 0.6 is 11.6 Å². The van der Waals surface area contributed by atoms with Gasteiger partial charge in [0.2, 0.25) is 5.78 Å². The number of carbonyl (C=O) groups is 1. The molecular formula is C12H12ClNO3. The van der Waals surface area contributed by atoms with Crippen molar-refractivity contribution in [2.75, 3.05) is 12.1 Å². The summed E-state index contributed by atoms with van der Waals surface area (Å²) in [6.45, 7) is 0.552. The van der Waals surface area contributed by atoms with E-state index in [9.17, 15) is 4.79 Å². The Morgan fingerprint density at radius 1 is 1.35 bits per heavy atom. The Kier molecular flexibility index (Phi) is 2.58.